The molecule has 0 aromatic heterocycles. The minimum atomic E-state index is -4.05. The van der Waals surface area contributed by atoms with Gasteiger partial charge in [0.05, 0.1) is 0 Å². The zero-order chi connectivity index (χ0) is 12.9. The van der Waals surface area contributed by atoms with E-state index in [2.05, 4.69) is 5.32 Å². The number of hydrogen-bond acceptors (Lipinski definition) is 2. The van der Waals surface area contributed by atoms with E-state index in [0.717, 1.165) is 11.3 Å². The molecule has 0 unspecified atom stereocenters. The van der Waals surface area contributed by atoms with E-state index in [-0.39, 0.29) is 6.42 Å². The predicted octanol–water partition coefficient (Wildman–Crippen LogP) is 3.72. The lowest BCUT2D eigenvalue weighted by Gasteiger charge is -2.09. The summed E-state index contributed by atoms with van der Waals surface area (Å²) in [5.74, 6) is 0. The molecule has 0 spiro atoms. The first-order chi connectivity index (χ1) is 7.87. The Hall–Kier alpha value is -1.39. The summed E-state index contributed by atoms with van der Waals surface area (Å²) in [5, 5.41) is 3.07. The molecule has 1 aromatic rings. The molecule has 96 valence electrons. The molecule has 0 aliphatic heterocycles. The van der Waals surface area contributed by atoms with E-state index in [4.69, 9.17) is 5.73 Å². The lowest BCUT2D eigenvalue weighted by molar-refractivity contribution is -0.135. The van der Waals surface area contributed by atoms with E-state index in [9.17, 15) is 13.2 Å². The van der Waals surface area contributed by atoms with Crippen LogP contribution in [-0.2, 0) is 0 Å². The molecule has 5 heteroatoms. The van der Waals surface area contributed by atoms with Crippen molar-refractivity contribution in [1.29, 1.82) is 0 Å². The van der Waals surface area contributed by atoms with Gasteiger partial charge in [-0.1, -0.05) is 0 Å². The lowest BCUT2D eigenvalue weighted by atomic mass is 10.2. The van der Waals surface area contributed by atoms with Crippen molar-refractivity contribution in [1.82, 2.24) is 0 Å². The van der Waals surface area contributed by atoms with Crippen LogP contribution in [-0.4, -0.2) is 12.7 Å². The standard InChI is InChI=1S/C12H17F3N2/c1-9-6-10(16)8-11(7-9)17-5-3-2-4-12(13,14)15/h6-8,17H,2-5,16H2,1H3. The van der Waals surface area contributed by atoms with Crippen LogP contribution in [0.1, 0.15) is 24.8 Å². The fraction of sp³-hybridized carbons (Fsp3) is 0.500. The van der Waals surface area contributed by atoms with Crippen LogP contribution < -0.4 is 11.1 Å². The average Bonchev–Trinajstić information content (AvgIpc) is 2.13. The third kappa shape index (κ3) is 6.04. The first kappa shape index (κ1) is 13.7. The Balaban J connectivity index is 2.27. The molecule has 0 aliphatic rings. The zero-order valence-corrected chi connectivity index (χ0v) is 9.77. The van der Waals surface area contributed by atoms with Crippen LogP contribution >= 0.6 is 0 Å². The second-order valence-corrected chi connectivity index (χ2v) is 4.13. The van der Waals surface area contributed by atoms with Gasteiger partial charge in [-0.15, -0.1) is 0 Å². The maximum atomic E-state index is 11.9. The van der Waals surface area contributed by atoms with Crippen LogP contribution in [0.5, 0.6) is 0 Å². The molecule has 2 nitrogen and oxygen atoms in total. The average molecular weight is 246 g/mol. The number of nitrogens with two attached hydrogens (primary N) is 1. The number of unbranched alkanes of at least 4 members (excludes halogenated alkanes) is 1. The number of benzene rings is 1. The molecule has 0 amide bonds. The molecule has 1 aromatic carbocycles. The van der Waals surface area contributed by atoms with Gasteiger partial charge >= 0.3 is 6.18 Å². The highest BCUT2D eigenvalue weighted by Gasteiger charge is 2.25. The predicted molar refractivity (Wildman–Crippen MR) is 64.0 cm³/mol. The molecule has 0 aliphatic carbocycles. The number of halogens is 3. The number of aryl methyl sites for hydroxylation is 1. The number of alkyl halides is 3. The van der Waals surface area contributed by atoms with Crippen molar-refractivity contribution in [2.45, 2.75) is 32.4 Å². The second kappa shape index (κ2) is 5.80. The van der Waals surface area contributed by atoms with E-state index < -0.39 is 12.6 Å². The van der Waals surface area contributed by atoms with Crippen LogP contribution in [0, 0.1) is 6.92 Å². The molecular formula is C12H17F3N2. The normalized spacial score (nSPS) is 11.5. The van der Waals surface area contributed by atoms with E-state index in [1.807, 2.05) is 19.1 Å². The third-order valence-corrected chi connectivity index (χ3v) is 2.32. The van der Waals surface area contributed by atoms with Crippen LogP contribution in [0.15, 0.2) is 18.2 Å². The highest BCUT2D eigenvalue weighted by molar-refractivity contribution is 5.56. The molecule has 0 heterocycles. The SMILES string of the molecule is Cc1cc(N)cc(NCCCCC(F)(F)F)c1. The number of nitrogen functional groups attached to an aromatic ring is 1. The van der Waals surface area contributed by atoms with Gasteiger partial charge in [0.1, 0.15) is 0 Å². The van der Waals surface area contributed by atoms with Crippen molar-refractivity contribution in [3.8, 4) is 0 Å². The lowest BCUT2D eigenvalue weighted by Crippen LogP contribution is -2.08. The summed E-state index contributed by atoms with van der Waals surface area (Å²) in [5.41, 5.74) is 8.20. The summed E-state index contributed by atoms with van der Waals surface area (Å²) in [4.78, 5) is 0. The van der Waals surface area contributed by atoms with Gasteiger partial charge in [0.25, 0.3) is 0 Å². The summed E-state index contributed by atoms with van der Waals surface area (Å²) in [7, 11) is 0. The van der Waals surface area contributed by atoms with Crippen molar-refractivity contribution < 1.29 is 13.2 Å². The van der Waals surface area contributed by atoms with E-state index in [1.54, 1.807) is 6.07 Å². The number of rotatable bonds is 5. The fourth-order valence-electron chi connectivity index (χ4n) is 1.60. The molecule has 0 saturated heterocycles. The van der Waals surface area contributed by atoms with Crippen LogP contribution in [0.4, 0.5) is 24.5 Å². The zero-order valence-electron chi connectivity index (χ0n) is 9.77. The Morgan fingerprint density at radius 3 is 2.47 bits per heavy atom. The maximum Gasteiger partial charge on any atom is 0.389 e. The van der Waals surface area contributed by atoms with Gasteiger partial charge in [0.15, 0.2) is 0 Å². The second-order valence-electron chi connectivity index (χ2n) is 4.13. The minimum Gasteiger partial charge on any atom is -0.399 e. The van der Waals surface area contributed by atoms with Gasteiger partial charge in [0.2, 0.25) is 0 Å². The Bertz CT molecular complexity index is 341. The smallest absolute Gasteiger partial charge is 0.389 e. The highest BCUT2D eigenvalue weighted by atomic mass is 19.4. The van der Waals surface area contributed by atoms with Gasteiger partial charge in [-0.05, 0) is 43.5 Å². The first-order valence-electron chi connectivity index (χ1n) is 5.54. The Morgan fingerprint density at radius 2 is 1.88 bits per heavy atom. The van der Waals surface area contributed by atoms with Gasteiger partial charge in [-0.3, -0.25) is 0 Å². The molecule has 17 heavy (non-hydrogen) atoms. The molecule has 0 radical (unpaired) electrons. The fourth-order valence-corrected chi connectivity index (χ4v) is 1.60. The van der Waals surface area contributed by atoms with E-state index >= 15 is 0 Å². The van der Waals surface area contributed by atoms with Crippen molar-refractivity contribution >= 4 is 11.4 Å². The summed E-state index contributed by atoms with van der Waals surface area (Å²) >= 11 is 0. The Morgan fingerprint density at radius 1 is 1.18 bits per heavy atom. The van der Waals surface area contributed by atoms with Gasteiger partial charge < -0.3 is 11.1 Å². The molecule has 1 rings (SSSR count). The third-order valence-electron chi connectivity index (χ3n) is 2.32. The highest BCUT2D eigenvalue weighted by Crippen LogP contribution is 2.22. The van der Waals surface area contributed by atoms with Crippen LogP contribution in [0.2, 0.25) is 0 Å². The van der Waals surface area contributed by atoms with Crippen molar-refractivity contribution in [2.75, 3.05) is 17.6 Å². The Labute approximate surface area is 99.0 Å². The minimum absolute atomic E-state index is 0.151. The van der Waals surface area contributed by atoms with Crippen molar-refractivity contribution in [3.05, 3.63) is 23.8 Å². The maximum absolute atomic E-state index is 11.9. The van der Waals surface area contributed by atoms with Crippen LogP contribution in [0.3, 0.4) is 0 Å². The molecule has 0 saturated carbocycles. The topological polar surface area (TPSA) is 38.0 Å². The monoisotopic (exact) mass is 246 g/mol. The molecule has 0 atom stereocenters. The van der Waals surface area contributed by atoms with Crippen LogP contribution in [0.25, 0.3) is 0 Å². The number of anilines is 2. The Kier molecular flexibility index (Phi) is 4.66. The van der Waals surface area contributed by atoms with Crippen molar-refractivity contribution in [3.63, 3.8) is 0 Å². The van der Waals surface area contributed by atoms with Gasteiger partial charge in [0, 0.05) is 24.3 Å². The summed E-state index contributed by atoms with van der Waals surface area (Å²) in [6, 6.07) is 5.53. The number of hydrogen-bond donors (Lipinski definition) is 2. The quantitative estimate of drug-likeness (QED) is 0.613. The first-order valence-corrected chi connectivity index (χ1v) is 5.54. The summed E-state index contributed by atoms with van der Waals surface area (Å²) < 4.78 is 35.6. The molecular weight excluding hydrogens is 229 g/mol. The van der Waals surface area contributed by atoms with E-state index in [0.29, 0.717) is 18.7 Å². The largest absolute Gasteiger partial charge is 0.399 e. The summed E-state index contributed by atoms with van der Waals surface area (Å²) in [6.45, 7) is 2.45. The number of nitrogens with one attached hydrogen (secondary N) is 1. The molecule has 3 N–H and O–H groups in total. The molecule has 0 fully saturated rings. The van der Waals surface area contributed by atoms with Gasteiger partial charge in [-0.25, -0.2) is 0 Å². The van der Waals surface area contributed by atoms with E-state index in [1.165, 1.54) is 0 Å². The van der Waals surface area contributed by atoms with Crippen molar-refractivity contribution in [2.24, 2.45) is 0 Å². The summed E-state index contributed by atoms with van der Waals surface area (Å²) in [6.07, 6.45) is -4.12. The van der Waals surface area contributed by atoms with Gasteiger partial charge in [-0.2, -0.15) is 13.2 Å². The molecule has 0 bridgehead atoms.